The molecule has 0 amide bonds. The van der Waals surface area contributed by atoms with Crippen molar-refractivity contribution in [2.24, 2.45) is 0 Å². The van der Waals surface area contributed by atoms with E-state index < -0.39 is 0 Å². The summed E-state index contributed by atoms with van der Waals surface area (Å²) in [7, 11) is 0. The van der Waals surface area contributed by atoms with E-state index in [1.54, 1.807) is 18.6 Å². The molecule has 0 bridgehead atoms. The highest BCUT2D eigenvalue weighted by Crippen LogP contribution is 2.13. The highest BCUT2D eigenvalue weighted by atomic mass is 16.2. The molecule has 6 heteroatoms. The smallest absolute Gasteiger partial charge is 0.309 e. The minimum Gasteiger partial charge on any atom is -0.309 e. The zero-order valence-electron chi connectivity index (χ0n) is 11.8. The van der Waals surface area contributed by atoms with E-state index in [2.05, 4.69) is 27.5 Å². The highest BCUT2D eigenvalue weighted by molar-refractivity contribution is 5.31. The zero-order valence-corrected chi connectivity index (χ0v) is 11.8. The Morgan fingerprint density at radius 1 is 1.29 bits per heavy atom. The van der Waals surface area contributed by atoms with Crippen LogP contribution in [0, 0.1) is 0 Å². The van der Waals surface area contributed by atoms with Gasteiger partial charge >= 0.3 is 5.69 Å². The Bertz CT molecular complexity index is 777. The SMILES string of the molecule is CCNC(Cn1nc2cnccn2c1=O)c1ccccc1. The molecule has 0 saturated carbocycles. The van der Waals surface area contributed by atoms with Gasteiger partial charge in [0.1, 0.15) is 0 Å². The molecule has 0 radical (unpaired) electrons. The lowest BCUT2D eigenvalue weighted by Gasteiger charge is -2.17. The Balaban J connectivity index is 1.95. The monoisotopic (exact) mass is 283 g/mol. The number of hydrogen-bond donors (Lipinski definition) is 1. The summed E-state index contributed by atoms with van der Waals surface area (Å²) >= 11 is 0. The number of benzene rings is 1. The minimum atomic E-state index is -0.147. The minimum absolute atomic E-state index is 0.0479. The van der Waals surface area contributed by atoms with Crippen molar-refractivity contribution in [3.8, 4) is 0 Å². The molecule has 1 aromatic carbocycles. The molecule has 3 aromatic rings. The van der Waals surface area contributed by atoms with Crippen molar-refractivity contribution < 1.29 is 0 Å². The maximum absolute atomic E-state index is 12.3. The van der Waals surface area contributed by atoms with Crippen LogP contribution in [0.1, 0.15) is 18.5 Å². The zero-order chi connectivity index (χ0) is 14.7. The third-order valence-electron chi connectivity index (χ3n) is 3.40. The van der Waals surface area contributed by atoms with E-state index in [4.69, 9.17) is 0 Å². The number of hydrogen-bond acceptors (Lipinski definition) is 4. The number of rotatable bonds is 5. The normalized spacial score (nSPS) is 12.6. The van der Waals surface area contributed by atoms with Crippen LogP contribution >= 0.6 is 0 Å². The maximum atomic E-state index is 12.3. The second kappa shape index (κ2) is 5.88. The molecule has 1 atom stereocenters. The van der Waals surface area contributed by atoms with Crippen LogP contribution in [0.15, 0.2) is 53.7 Å². The Morgan fingerprint density at radius 2 is 2.10 bits per heavy atom. The van der Waals surface area contributed by atoms with E-state index in [9.17, 15) is 4.79 Å². The largest absolute Gasteiger partial charge is 0.350 e. The van der Waals surface area contributed by atoms with E-state index in [1.807, 2.05) is 25.1 Å². The summed E-state index contributed by atoms with van der Waals surface area (Å²) in [5, 5.41) is 7.72. The molecule has 108 valence electrons. The molecule has 2 aromatic heterocycles. The lowest BCUT2D eigenvalue weighted by atomic mass is 10.1. The highest BCUT2D eigenvalue weighted by Gasteiger charge is 2.14. The van der Waals surface area contributed by atoms with E-state index in [0.29, 0.717) is 12.2 Å². The first-order valence-electron chi connectivity index (χ1n) is 6.97. The van der Waals surface area contributed by atoms with Gasteiger partial charge in [0.25, 0.3) is 0 Å². The molecule has 6 nitrogen and oxygen atoms in total. The van der Waals surface area contributed by atoms with Crippen LogP contribution in [-0.4, -0.2) is 25.7 Å². The number of nitrogens with one attached hydrogen (secondary N) is 1. The summed E-state index contributed by atoms with van der Waals surface area (Å²) in [6, 6.07) is 10.1. The van der Waals surface area contributed by atoms with Crippen LogP contribution in [0.2, 0.25) is 0 Å². The molecule has 0 aliphatic carbocycles. The van der Waals surface area contributed by atoms with E-state index >= 15 is 0 Å². The molecular formula is C15H17N5O. The van der Waals surface area contributed by atoms with Crippen LogP contribution in [0.5, 0.6) is 0 Å². The van der Waals surface area contributed by atoms with Gasteiger partial charge in [-0.25, -0.2) is 13.9 Å². The Kier molecular flexibility index (Phi) is 3.79. The number of fused-ring (bicyclic) bond motifs is 1. The van der Waals surface area contributed by atoms with Gasteiger partial charge in [0, 0.05) is 12.4 Å². The van der Waals surface area contributed by atoms with Crippen LogP contribution in [-0.2, 0) is 6.54 Å². The molecule has 0 saturated heterocycles. The van der Waals surface area contributed by atoms with Crippen molar-refractivity contribution in [1.29, 1.82) is 0 Å². The fourth-order valence-corrected chi connectivity index (χ4v) is 2.39. The standard InChI is InChI=1S/C15H17N5O/c1-2-17-13(12-6-4-3-5-7-12)11-20-15(21)19-9-8-16-10-14(19)18-20/h3-10,13,17H,2,11H2,1H3. The van der Waals surface area contributed by atoms with Crippen LogP contribution < -0.4 is 11.0 Å². The van der Waals surface area contributed by atoms with Crippen molar-refractivity contribution in [1.82, 2.24) is 24.5 Å². The topological polar surface area (TPSA) is 64.2 Å². The van der Waals surface area contributed by atoms with Crippen LogP contribution in [0.25, 0.3) is 5.65 Å². The fraction of sp³-hybridized carbons (Fsp3) is 0.267. The first-order chi connectivity index (χ1) is 10.3. The number of aromatic nitrogens is 4. The van der Waals surface area contributed by atoms with Gasteiger partial charge < -0.3 is 5.32 Å². The predicted octanol–water partition coefficient (Wildman–Crippen LogP) is 1.24. The summed E-state index contributed by atoms with van der Waals surface area (Å²) < 4.78 is 2.98. The summed E-state index contributed by atoms with van der Waals surface area (Å²) in [5.74, 6) is 0. The molecular weight excluding hydrogens is 266 g/mol. The third kappa shape index (κ3) is 2.71. The number of likely N-dealkylation sites (N-methyl/N-ethyl adjacent to an activating group) is 1. The summed E-state index contributed by atoms with van der Waals surface area (Å²) in [4.78, 5) is 16.3. The first-order valence-corrected chi connectivity index (χ1v) is 6.97. The van der Waals surface area contributed by atoms with Gasteiger partial charge in [0.2, 0.25) is 0 Å². The molecule has 21 heavy (non-hydrogen) atoms. The molecule has 1 N–H and O–H groups in total. The third-order valence-corrected chi connectivity index (χ3v) is 3.40. The fourth-order valence-electron chi connectivity index (χ4n) is 2.39. The summed E-state index contributed by atoms with van der Waals surface area (Å²) in [6.07, 6.45) is 4.80. The first kappa shape index (κ1) is 13.5. The van der Waals surface area contributed by atoms with Gasteiger partial charge in [-0.2, -0.15) is 0 Å². The quantitative estimate of drug-likeness (QED) is 0.765. The van der Waals surface area contributed by atoms with Gasteiger partial charge in [-0.1, -0.05) is 37.3 Å². The van der Waals surface area contributed by atoms with E-state index in [1.165, 1.54) is 9.08 Å². The molecule has 3 rings (SSSR count). The lowest BCUT2D eigenvalue weighted by Crippen LogP contribution is -2.31. The Hall–Kier alpha value is -2.47. The number of nitrogens with zero attached hydrogens (tertiary/aromatic N) is 4. The average molecular weight is 283 g/mol. The molecule has 2 heterocycles. The molecule has 0 fully saturated rings. The molecule has 0 spiro atoms. The van der Waals surface area contributed by atoms with Crippen molar-refractivity contribution in [2.45, 2.75) is 19.5 Å². The van der Waals surface area contributed by atoms with Gasteiger partial charge in [-0.05, 0) is 12.1 Å². The Morgan fingerprint density at radius 3 is 2.81 bits per heavy atom. The summed E-state index contributed by atoms with van der Waals surface area (Å²) in [6.45, 7) is 3.36. The van der Waals surface area contributed by atoms with Crippen molar-refractivity contribution in [3.63, 3.8) is 0 Å². The molecule has 0 aliphatic heterocycles. The van der Waals surface area contributed by atoms with Crippen molar-refractivity contribution >= 4 is 5.65 Å². The van der Waals surface area contributed by atoms with Crippen LogP contribution in [0.4, 0.5) is 0 Å². The van der Waals surface area contributed by atoms with Gasteiger partial charge in [0.15, 0.2) is 5.65 Å². The second-order valence-corrected chi connectivity index (χ2v) is 4.79. The van der Waals surface area contributed by atoms with Crippen molar-refractivity contribution in [2.75, 3.05) is 6.54 Å². The maximum Gasteiger partial charge on any atom is 0.350 e. The predicted molar refractivity (Wildman–Crippen MR) is 80.1 cm³/mol. The van der Waals surface area contributed by atoms with Gasteiger partial charge in [-0.15, -0.1) is 5.10 Å². The van der Waals surface area contributed by atoms with Gasteiger partial charge in [-0.3, -0.25) is 4.98 Å². The van der Waals surface area contributed by atoms with Gasteiger partial charge in [0.05, 0.1) is 18.8 Å². The average Bonchev–Trinajstić information content (AvgIpc) is 2.84. The molecule has 0 aliphatic rings. The van der Waals surface area contributed by atoms with E-state index in [0.717, 1.165) is 12.1 Å². The molecule has 1 unspecified atom stereocenters. The van der Waals surface area contributed by atoms with Crippen LogP contribution in [0.3, 0.4) is 0 Å². The van der Waals surface area contributed by atoms with Crippen molar-refractivity contribution in [3.05, 3.63) is 65.0 Å². The second-order valence-electron chi connectivity index (χ2n) is 4.79. The summed E-state index contributed by atoms with van der Waals surface area (Å²) in [5.41, 5.74) is 1.55. The Labute approximate surface area is 122 Å². The van der Waals surface area contributed by atoms with E-state index in [-0.39, 0.29) is 11.7 Å². The lowest BCUT2D eigenvalue weighted by molar-refractivity contribution is 0.439.